The largest absolute Gasteiger partial charge is 0.465 e. The number of nitrogens with zero attached hydrogens (tertiary/aromatic N) is 1. The Balaban J connectivity index is 2.05. The smallest absolute Gasteiger partial charge is 0.305 e. The van der Waals surface area contributed by atoms with E-state index in [1.807, 2.05) is 19.3 Å². The maximum absolute atomic E-state index is 12.5. The number of fused-ring (bicyclic) bond motifs is 1. The highest BCUT2D eigenvalue weighted by Gasteiger charge is 2.35. The number of primary amides is 1. The molecule has 1 aromatic rings. The summed E-state index contributed by atoms with van der Waals surface area (Å²) in [5, 5.41) is 8.96. The molecule has 1 heterocycles. The fourth-order valence-corrected chi connectivity index (χ4v) is 2.70. The molecule has 0 aliphatic carbocycles. The van der Waals surface area contributed by atoms with Crippen molar-refractivity contribution in [1.82, 2.24) is 4.90 Å². The monoisotopic (exact) mass is 349 g/mol. The van der Waals surface area contributed by atoms with Crippen molar-refractivity contribution in [2.45, 2.75) is 39.3 Å². The summed E-state index contributed by atoms with van der Waals surface area (Å²) in [5.74, 6) is -1.19. The van der Waals surface area contributed by atoms with Gasteiger partial charge in [-0.2, -0.15) is 0 Å². The number of esters is 1. The van der Waals surface area contributed by atoms with Crippen LogP contribution < -0.4 is 11.2 Å². The highest BCUT2D eigenvalue weighted by molar-refractivity contribution is 6.01. The van der Waals surface area contributed by atoms with Gasteiger partial charge < -0.3 is 15.4 Å². The molecule has 0 aromatic heterocycles. The molecule has 2 rings (SSSR count). The first-order valence-electron chi connectivity index (χ1n) is 8.12. The molecule has 1 aliphatic rings. The fourth-order valence-electron chi connectivity index (χ4n) is 2.70. The van der Waals surface area contributed by atoms with Crippen LogP contribution in [-0.4, -0.2) is 40.5 Å². The number of benzene rings is 1. The summed E-state index contributed by atoms with van der Waals surface area (Å²) in [7, 11) is 0. The van der Waals surface area contributed by atoms with Gasteiger partial charge in [-0.3, -0.25) is 25.1 Å². The van der Waals surface area contributed by atoms with E-state index >= 15 is 0 Å². The molecule has 8 nitrogen and oxygen atoms in total. The molecule has 1 aliphatic heterocycles. The van der Waals surface area contributed by atoms with E-state index in [-0.39, 0.29) is 31.2 Å². The lowest BCUT2D eigenvalue weighted by molar-refractivity contribution is -0.145. The van der Waals surface area contributed by atoms with Gasteiger partial charge in [0.2, 0.25) is 5.91 Å². The Bertz CT molecular complexity index is 674. The zero-order chi connectivity index (χ0) is 18.6. The van der Waals surface area contributed by atoms with Gasteiger partial charge in [0.15, 0.2) is 0 Å². The number of amides is 2. The predicted octanol–water partition coefficient (Wildman–Crippen LogP) is 1.28. The third-order valence-electron chi connectivity index (χ3n) is 3.97. The molecule has 0 saturated carbocycles. The Kier molecular flexibility index (Phi) is 5.97. The van der Waals surface area contributed by atoms with Crippen molar-refractivity contribution in [1.29, 1.82) is 0 Å². The highest BCUT2D eigenvalue weighted by Crippen LogP contribution is 2.28. The summed E-state index contributed by atoms with van der Waals surface area (Å²) in [6, 6.07) is 3.87. The second-order valence-electron chi connectivity index (χ2n) is 6.45. The number of rotatable bonds is 8. The second-order valence-corrected chi connectivity index (χ2v) is 6.45. The Hall–Kier alpha value is -2.61. The lowest BCUT2D eigenvalue weighted by atomic mass is 10.1. The van der Waals surface area contributed by atoms with E-state index in [9.17, 15) is 14.4 Å². The van der Waals surface area contributed by atoms with Gasteiger partial charge in [-0.15, -0.1) is 0 Å². The van der Waals surface area contributed by atoms with Gasteiger partial charge in [-0.05, 0) is 36.1 Å². The molecule has 0 fully saturated rings. The topological polar surface area (TPSA) is 122 Å². The van der Waals surface area contributed by atoms with Crippen LogP contribution in [0, 0.1) is 5.92 Å². The van der Waals surface area contributed by atoms with Crippen LogP contribution >= 0.6 is 0 Å². The number of carbonyl (C=O) groups excluding carboxylic acids is 3. The van der Waals surface area contributed by atoms with Crippen molar-refractivity contribution < 1.29 is 24.3 Å². The summed E-state index contributed by atoms with van der Waals surface area (Å²) in [5.41, 5.74) is 9.04. The molecule has 1 unspecified atom stereocenters. The standard InChI is InChI=1S/C17H23N3O5/c1-10(2)9-25-15(21)6-5-14(16(18)22)20-8-11-7-12(19-24)3-4-13(11)17(20)23/h3-4,7,10,14,19,24H,5-6,8-9H2,1-2H3,(H2,18,22). The molecule has 1 atom stereocenters. The van der Waals surface area contributed by atoms with Crippen LogP contribution in [0.3, 0.4) is 0 Å². The van der Waals surface area contributed by atoms with Crippen LogP contribution in [0.15, 0.2) is 18.2 Å². The minimum Gasteiger partial charge on any atom is -0.465 e. The number of hydrogen-bond acceptors (Lipinski definition) is 6. The van der Waals surface area contributed by atoms with Gasteiger partial charge in [0.1, 0.15) is 6.04 Å². The summed E-state index contributed by atoms with van der Waals surface area (Å²) < 4.78 is 5.08. The molecule has 4 N–H and O–H groups in total. The van der Waals surface area contributed by atoms with E-state index in [4.69, 9.17) is 15.7 Å². The quantitative estimate of drug-likeness (QED) is 0.480. The zero-order valence-corrected chi connectivity index (χ0v) is 14.3. The number of nitrogens with one attached hydrogen (secondary N) is 1. The summed E-state index contributed by atoms with van der Waals surface area (Å²) >= 11 is 0. The first kappa shape index (κ1) is 18.7. The summed E-state index contributed by atoms with van der Waals surface area (Å²) in [6.45, 7) is 4.35. The minimum absolute atomic E-state index is 0.00387. The van der Waals surface area contributed by atoms with Gasteiger partial charge in [0.05, 0.1) is 12.3 Å². The van der Waals surface area contributed by atoms with Gasteiger partial charge in [0.25, 0.3) is 5.91 Å². The molecule has 1 aromatic carbocycles. The molecule has 8 heteroatoms. The number of carbonyl (C=O) groups is 3. The van der Waals surface area contributed by atoms with Crippen molar-refractivity contribution >= 4 is 23.5 Å². The van der Waals surface area contributed by atoms with Crippen molar-refractivity contribution in [3.05, 3.63) is 29.3 Å². The van der Waals surface area contributed by atoms with Crippen molar-refractivity contribution in [3.8, 4) is 0 Å². The number of hydrogen-bond donors (Lipinski definition) is 3. The Morgan fingerprint density at radius 1 is 1.40 bits per heavy atom. The third-order valence-corrected chi connectivity index (χ3v) is 3.97. The fraction of sp³-hybridized carbons (Fsp3) is 0.471. The second kappa shape index (κ2) is 7.98. The van der Waals surface area contributed by atoms with Gasteiger partial charge in [0, 0.05) is 18.5 Å². The van der Waals surface area contributed by atoms with Gasteiger partial charge in [-0.1, -0.05) is 13.8 Å². The lowest BCUT2D eigenvalue weighted by Crippen LogP contribution is -2.45. The first-order chi connectivity index (χ1) is 11.8. The molecule has 0 spiro atoms. The van der Waals surface area contributed by atoms with Crippen LogP contribution in [0.1, 0.15) is 42.6 Å². The van der Waals surface area contributed by atoms with E-state index in [1.54, 1.807) is 18.2 Å². The Morgan fingerprint density at radius 3 is 2.72 bits per heavy atom. The van der Waals surface area contributed by atoms with Crippen molar-refractivity contribution in [2.24, 2.45) is 11.7 Å². The molecule has 25 heavy (non-hydrogen) atoms. The third kappa shape index (κ3) is 4.48. The van der Waals surface area contributed by atoms with E-state index in [0.717, 1.165) is 0 Å². The van der Waals surface area contributed by atoms with Crippen molar-refractivity contribution in [2.75, 3.05) is 12.1 Å². The van der Waals surface area contributed by atoms with Gasteiger partial charge >= 0.3 is 5.97 Å². The number of anilines is 1. The maximum atomic E-state index is 12.5. The van der Waals surface area contributed by atoms with Crippen LogP contribution in [0.2, 0.25) is 0 Å². The Morgan fingerprint density at radius 2 is 2.12 bits per heavy atom. The SMILES string of the molecule is CC(C)COC(=O)CCC(C(N)=O)N1Cc2cc(NO)ccc2C1=O. The van der Waals surface area contributed by atoms with Gasteiger partial charge in [-0.25, -0.2) is 0 Å². The van der Waals surface area contributed by atoms with E-state index < -0.39 is 17.9 Å². The molecule has 136 valence electrons. The van der Waals surface area contributed by atoms with Crippen LogP contribution in [-0.2, 0) is 20.9 Å². The molecule has 0 radical (unpaired) electrons. The lowest BCUT2D eigenvalue weighted by Gasteiger charge is -2.24. The van der Waals surface area contributed by atoms with E-state index in [0.29, 0.717) is 23.4 Å². The Labute approximate surface area is 145 Å². The van der Waals surface area contributed by atoms with E-state index in [1.165, 1.54) is 4.90 Å². The van der Waals surface area contributed by atoms with Crippen molar-refractivity contribution in [3.63, 3.8) is 0 Å². The number of ether oxygens (including phenoxy) is 1. The summed E-state index contributed by atoms with van der Waals surface area (Å²) in [6.07, 6.45) is 0.112. The molecular formula is C17H23N3O5. The van der Waals surface area contributed by atoms with E-state index in [2.05, 4.69) is 0 Å². The highest BCUT2D eigenvalue weighted by atomic mass is 16.5. The normalized spacial score (nSPS) is 14.4. The average Bonchev–Trinajstić information content (AvgIpc) is 2.89. The molecule has 2 amide bonds. The molecule has 0 bridgehead atoms. The minimum atomic E-state index is -0.892. The predicted molar refractivity (Wildman–Crippen MR) is 89.7 cm³/mol. The van der Waals surface area contributed by atoms with Crippen LogP contribution in [0.5, 0.6) is 0 Å². The molecule has 0 saturated heterocycles. The summed E-state index contributed by atoms with van der Waals surface area (Å²) in [4.78, 5) is 37.4. The first-order valence-corrected chi connectivity index (χ1v) is 8.12. The maximum Gasteiger partial charge on any atom is 0.305 e. The molecular weight excluding hydrogens is 326 g/mol. The zero-order valence-electron chi connectivity index (χ0n) is 14.3. The van der Waals surface area contributed by atoms with Crippen LogP contribution in [0.25, 0.3) is 0 Å². The number of nitrogens with two attached hydrogens (primary N) is 1. The van der Waals surface area contributed by atoms with Crippen LogP contribution in [0.4, 0.5) is 5.69 Å². The average molecular weight is 349 g/mol.